The van der Waals surface area contributed by atoms with Gasteiger partial charge >= 0.3 is 0 Å². The highest BCUT2D eigenvalue weighted by molar-refractivity contribution is 7.12. The third kappa shape index (κ3) is 4.63. The summed E-state index contributed by atoms with van der Waals surface area (Å²) in [5.74, 6) is -0.0996. The molecule has 24 heavy (non-hydrogen) atoms. The van der Waals surface area contributed by atoms with Gasteiger partial charge in [0.05, 0.1) is 21.2 Å². The van der Waals surface area contributed by atoms with Gasteiger partial charge < -0.3 is 10.4 Å². The number of likely N-dealkylation sites (tertiary alicyclic amines) is 1. The molecule has 3 rings (SSSR count). The van der Waals surface area contributed by atoms with E-state index in [1.54, 1.807) is 17.4 Å². The van der Waals surface area contributed by atoms with Crippen LogP contribution in [0.4, 0.5) is 0 Å². The van der Waals surface area contributed by atoms with Crippen LogP contribution in [-0.2, 0) is 6.54 Å². The number of carbonyl (C=O) groups excluding carboxylic acids is 1. The molecule has 130 valence electrons. The molecule has 5 nitrogen and oxygen atoms in total. The summed E-state index contributed by atoms with van der Waals surface area (Å²) < 4.78 is 0. The van der Waals surface area contributed by atoms with Gasteiger partial charge in [-0.05, 0) is 44.2 Å². The number of thiophene rings is 1. The lowest BCUT2D eigenvalue weighted by Gasteiger charge is -2.27. The first-order chi connectivity index (χ1) is 11.5. The number of nitrogens with zero attached hydrogens (tertiary/aromatic N) is 2. The summed E-state index contributed by atoms with van der Waals surface area (Å²) in [6.07, 6.45) is 2.31. The predicted molar refractivity (Wildman–Crippen MR) is 97.6 cm³/mol. The lowest BCUT2D eigenvalue weighted by atomic mass is 9.95. The van der Waals surface area contributed by atoms with E-state index in [1.165, 1.54) is 11.3 Å². The number of rotatable bonds is 5. The number of aryl methyl sites for hydroxylation is 1. The van der Waals surface area contributed by atoms with Crippen molar-refractivity contribution in [2.24, 2.45) is 0 Å². The summed E-state index contributed by atoms with van der Waals surface area (Å²) in [4.78, 5) is 19.6. The highest BCUT2D eigenvalue weighted by Crippen LogP contribution is 2.23. The fourth-order valence-corrected chi connectivity index (χ4v) is 4.26. The fraction of sp³-hybridized carbons (Fsp3) is 0.529. The Morgan fingerprint density at radius 2 is 2.29 bits per heavy atom. The Hall–Kier alpha value is -1.28. The Balaban J connectivity index is 1.51. The second-order valence-electron chi connectivity index (χ2n) is 6.37. The summed E-state index contributed by atoms with van der Waals surface area (Å²) >= 11 is 3.09. The summed E-state index contributed by atoms with van der Waals surface area (Å²) in [6.45, 7) is 4.95. The molecule has 1 fully saturated rings. The van der Waals surface area contributed by atoms with E-state index in [-0.39, 0.29) is 5.91 Å². The smallest absolute Gasteiger partial charge is 0.261 e. The topological polar surface area (TPSA) is 65.5 Å². The molecule has 1 aliphatic heterocycles. The maximum Gasteiger partial charge on any atom is 0.261 e. The largest absolute Gasteiger partial charge is 0.388 e. The lowest BCUT2D eigenvalue weighted by Crippen LogP contribution is -2.43. The van der Waals surface area contributed by atoms with Crippen LogP contribution in [0.15, 0.2) is 22.9 Å². The van der Waals surface area contributed by atoms with Gasteiger partial charge in [-0.3, -0.25) is 9.69 Å². The van der Waals surface area contributed by atoms with Crippen molar-refractivity contribution in [2.45, 2.75) is 38.3 Å². The first kappa shape index (κ1) is 17.5. The van der Waals surface area contributed by atoms with Crippen LogP contribution >= 0.6 is 22.7 Å². The van der Waals surface area contributed by atoms with Gasteiger partial charge in [0, 0.05) is 25.0 Å². The number of aromatic nitrogens is 1. The SMILES string of the molecule is Cc1nc(CN2CCC[C@@](O)(CNC(=O)c3cccs3)CC2)cs1. The van der Waals surface area contributed by atoms with E-state index >= 15 is 0 Å². The molecule has 1 saturated heterocycles. The number of hydrogen-bond donors (Lipinski definition) is 2. The summed E-state index contributed by atoms with van der Waals surface area (Å²) in [5.41, 5.74) is 0.286. The Kier molecular flexibility index (Phi) is 5.65. The molecular formula is C17H23N3O2S2. The summed E-state index contributed by atoms with van der Waals surface area (Å²) in [7, 11) is 0. The predicted octanol–water partition coefficient (Wildman–Crippen LogP) is 2.66. The molecule has 0 radical (unpaired) electrons. The van der Waals surface area contributed by atoms with Gasteiger partial charge in [0.15, 0.2) is 0 Å². The van der Waals surface area contributed by atoms with Crippen LogP contribution in [0.1, 0.15) is 39.6 Å². The van der Waals surface area contributed by atoms with Crippen molar-refractivity contribution >= 4 is 28.6 Å². The maximum absolute atomic E-state index is 12.1. The van der Waals surface area contributed by atoms with Crippen LogP contribution in [0.5, 0.6) is 0 Å². The molecule has 7 heteroatoms. The van der Waals surface area contributed by atoms with Gasteiger partial charge in [-0.2, -0.15) is 0 Å². The molecule has 2 aromatic rings. The number of hydrogen-bond acceptors (Lipinski definition) is 6. The first-order valence-corrected chi connectivity index (χ1v) is 9.97. The number of nitrogens with one attached hydrogen (secondary N) is 1. The Labute approximate surface area is 150 Å². The molecule has 0 aliphatic carbocycles. The van der Waals surface area contributed by atoms with E-state index in [4.69, 9.17) is 0 Å². The Morgan fingerprint density at radius 1 is 1.42 bits per heavy atom. The molecule has 0 saturated carbocycles. The molecule has 1 aliphatic rings. The van der Waals surface area contributed by atoms with Crippen molar-refractivity contribution in [3.8, 4) is 0 Å². The van der Waals surface area contributed by atoms with Crippen molar-refractivity contribution in [3.63, 3.8) is 0 Å². The maximum atomic E-state index is 12.1. The zero-order chi connectivity index (χ0) is 17.0. The molecule has 0 bridgehead atoms. The second-order valence-corrected chi connectivity index (χ2v) is 8.38. The van der Waals surface area contributed by atoms with Crippen LogP contribution in [-0.4, -0.2) is 46.1 Å². The molecule has 3 heterocycles. The third-order valence-corrected chi connectivity index (χ3v) is 6.08. The van der Waals surface area contributed by atoms with Crippen LogP contribution in [0.25, 0.3) is 0 Å². The average molecular weight is 366 g/mol. The van der Waals surface area contributed by atoms with Crippen LogP contribution < -0.4 is 5.32 Å². The minimum atomic E-state index is -0.820. The van der Waals surface area contributed by atoms with Crippen LogP contribution in [0, 0.1) is 6.92 Å². The quantitative estimate of drug-likeness (QED) is 0.855. The first-order valence-electron chi connectivity index (χ1n) is 8.22. The van der Waals surface area contributed by atoms with Crippen molar-refractivity contribution in [2.75, 3.05) is 19.6 Å². The molecular weight excluding hydrogens is 342 g/mol. The molecule has 1 amide bonds. The minimum Gasteiger partial charge on any atom is -0.388 e. The van der Waals surface area contributed by atoms with Gasteiger partial charge in [0.1, 0.15) is 0 Å². The average Bonchev–Trinajstić information content (AvgIpc) is 3.19. The van der Waals surface area contributed by atoms with E-state index in [2.05, 4.69) is 20.6 Å². The van der Waals surface area contributed by atoms with E-state index in [1.807, 2.05) is 18.4 Å². The number of thiazole rings is 1. The van der Waals surface area contributed by atoms with Gasteiger partial charge in [0.2, 0.25) is 0 Å². The van der Waals surface area contributed by atoms with Gasteiger partial charge in [-0.1, -0.05) is 6.07 Å². The van der Waals surface area contributed by atoms with Crippen molar-refractivity contribution in [1.29, 1.82) is 0 Å². The van der Waals surface area contributed by atoms with Crippen molar-refractivity contribution < 1.29 is 9.90 Å². The number of carbonyl (C=O) groups is 1. The highest BCUT2D eigenvalue weighted by Gasteiger charge is 2.30. The van der Waals surface area contributed by atoms with E-state index < -0.39 is 5.60 Å². The molecule has 0 spiro atoms. The summed E-state index contributed by atoms with van der Waals surface area (Å²) in [6, 6.07) is 3.66. The molecule has 0 unspecified atom stereocenters. The van der Waals surface area contributed by atoms with Gasteiger partial charge in [-0.15, -0.1) is 22.7 Å². The van der Waals surface area contributed by atoms with Gasteiger partial charge in [-0.25, -0.2) is 4.98 Å². The highest BCUT2D eigenvalue weighted by atomic mass is 32.1. The standard InChI is InChI=1S/C17H23N3O2S2/c1-13-19-14(11-24-13)10-20-7-3-5-17(22,6-8-20)12-18-16(21)15-4-2-9-23-15/h2,4,9,11,22H,3,5-8,10,12H2,1H3,(H,18,21)/t17-/m0/s1. The van der Waals surface area contributed by atoms with Crippen LogP contribution in [0.2, 0.25) is 0 Å². The Morgan fingerprint density at radius 3 is 3.00 bits per heavy atom. The molecule has 2 N–H and O–H groups in total. The van der Waals surface area contributed by atoms with Crippen molar-refractivity contribution in [3.05, 3.63) is 38.5 Å². The van der Waals surface area contributed by atoms with E-state index in [0.717, 1.165) is 36.8 Å². The van der Waals surface area contributed by atoms with Gasteiger partial charge in [0.25, 0.3) is 5.91 Å². The molecule has 1 atom stereocenters. The molecule has 0 aromatic carbocycles. The van der Waals surface area contributed by atoms with Crippen molar-refractivity contribution in [1.82, 2.24) is 15.2 Å². The molecule has 2 aromatic heterocycles. The normalized spacial score (nSPS) is 22.2. The summed E-state index contributed by atoms with van der Waals surface area (Å²) in [5, 5.41) is 18.8. The van der Waals surface area contributed by atoms with Crippen LogP contribution in [0.3, 0.4) is 0 Å². The zero-order valence-electron chi connectivity index (χ0n) is 13.8. The minimum absolute atomic E-state index is 0.0996. The lowest BCUT2D eigenvalue weighted by molar-refractivity contribution is 0.0249. The fourth-order valence-electron chi connectivity index (χ4n) is 3.02. The zero-order valence-corrected chi connectivity index (χ0v) is 15.5. The monoisotopic (exact) mass is 365 g/mol. The number of aliphatic hydroxyl groups is 1. The van der Waals surface area contributed by atoms with E-state index in [9.17, 15) is 9.90 Å². The number of amides is 1. The third-order valence-electron chi connectivity index (χ3n) is 4.39. The Bertz CT molecular complexity index is 671. The van der Waals surface area contributed by atoms with E-state index in [0.29, 0.717) is 24.3 Å². The second kappa shape index (κ2) is 7.74.